The molecule has 1 aromatic heterocycles. The minimum Gasteiger partial charge on any atom is -0.352 e. The van der Waals surface area contributed by atoms with Gasteiger partial charge in [0.1, 0.15) is 0 Å². The lowest BCUT2D eigenvalue weighted by Gasteiger charge is -2.11. The fourth-order valence-corrected chi connectivity index (χ4v) is 4.29. The van der Waals surface area contributed by atoms with Crippen LogP contribution in [-0.4, -0.2) is 26.2 Å². The number of rotatable bonds is 9. The number of ketones is 1. The number of hydrogen-bond donors (Lipinski definition) is 2. The van der Waals surface area contributed by atoms with E-state index in [0.29, 0.717) is 10.4 Å². The molecule has 0 fully saturated rings. The first kappa shape index (κ1) is 20.3. The zero-order valence-electron chi connectivity index (χ0n) is 14.7. The maximum absolute atomic E-state index is 12.2. The van der Waals surface area contributed by atoms with E-state index in [1.165, 1.54) is 23.5 Å². The zero-order chi connectivity index (χ0) is 19.2. The highest BCUT2D eigenvalue weighted by molar-refractivity contribution is 7.89. The highest BCUT2D eigenvalue weighted by Crippen LogP contribution is 2.13. The predicted molar refractivity (Wildman–Crippen MR) is 102 cm³/mol. The molecule has 2 rings (SSSR count). The number of sulfonamides is 1. The molecular formula is C18H22N2O4S2. The Hall–Kier alpha value is -2.03. The van der Waals surface area contributed by atoms with Gasteiger partial charge in [-0.1, -0.05) is 18.2 Å². The molecule has 26 heavy (non-hydrogen) atoms. The summed E-state index contributed by atoms with van der Waals surface area (Å²) in [7, 11) is -3.57. The largest absolute Gasteiger partial charge is 0.352 e. The van der Waals surface area contributed by atoms with Crippen LogP contribution in [0.2, 0.25) is 0 Å². The van der Waals surface area contributed by atoms with Crippen molar-refractivity contribution in [3.05, 3.63) is 52.2 Å². The summed E-state index contributed by atoms with van der Waals surface area (Å²) in [5.41, 5.74) is 0.676. The van der Waals surface area contributed by atoms with Crippen LogP contribution in [0.25, 0.3) is 0 Å². The molecule has 0 bridgehead atoms. The second-order valence-corrected chi connectivity index (χ2v) is 8.76. The molecular weight excluding hydrogens is 372 g/mol. The van der Waals surface area contributed by atoms with Gasteiger partial charge in [0.2, 0.25) is 15.9 Å². The van der Waals surface area contributed by atoms with E-state index in [-0.39, 0.29) is 42.0 Å². The number of Topliss-reactive ketones (excluding diaryl/α,β-unsaturated/α-hetero) is 1. The summed E-state index contributed by atoms with van der Waals surface area (Å²) >= 11 is 1.36. The molecule has 0 saturated heterocycles. The van der Waals surface area contributed by atoms with Gasteiger partial charge in [-0.15, -0.1) is 11.3 Å². The van der Waals surface area contributed by atoms with Crippen molar-refractivity contribution in [2.45, 2.75) is 44.2 Å². The van der Waals surface area contributed by atoms with Crippen molar-refractivity contribution in [3.8, 4) is 0 Å². The van der Waals surface area contributed by atoms with Gasteiger partial charge in [-0.2, -0.15) is 0 Å². The minimum atomic E-state index is -3.57. The van der Waals surface area contributed by atoms with Crippen molar-refractivity contribution in [2.24, 2.45) is 0 Å². The number of nitrogens with one attached hydrogen (secondary N) is 2. The van der Waals surface area contributed by atoms with Gasteiger partial charge < -0.3 is 5.32 Å². The molecule has 1 amide bonds. The Morgan fingerprint density at radius 2 is 1.88 bits per heavy atom. The molecule has 8 heteroatoms. The highest BCUT2D eigenvalue weighted by atomic mass is 32.2. The first-order chi connectivity index (χ1) is 12.3. The van der Waals surface area contributed by atoms with Crippen molar-refractivity contribution in [3.63, 3.8) is 0 Å². The van der Waals surface area contributed by atoms with Crippen molar-refractivity contribution < 1.29 is 18.0 Å². The molecule has 0 unspecified atom stereocenters. The lowest BCUT2D eigenvalue weighted by atomic mass is 10.2. The van der Waals surface area contributed by atoms with E-state index in [1.807, 2.05) is 5.38 Å². The summed E-state index contributed by atoms with van der Waals surface area (Å²) in [6.45, 7) is 3.70. The van der Waals surface area contributed by atoms with Gasteiger partial charge in [0.25, 0.3) is 0 Å². The molecule has 1 heterocycles. The second-order valence-electron chi connectivity index (χ2n) is 6.10. The zero-order valence-corrected chi connectivity index (χ0v) is 16.3. The smallest absolute Gasteiger partial charge is 0.240 e. The van der Waals surface area contributed by atoms with Crippen LogP contribution in [0.4, 0.5) is 0 Å². The average molecular weight is 395 g/mol. The Morgan fingerprint density at radius 1 is 1.12 bits per heavy atom. The number of carbonyl (C=O) groups is 2. The number of hydrogen-bond acceptors (Lipinski definition) is 5. The molecule has 0 aliphatic rings. The first-order valence-electron chi connectivity index (χ1n) is 8.22. The Morgan fingerprint density at radius 3 is 2.54 bits per heavy atom. The molecule has 0 spiro atoms. The molecule has 2 N–H and O–H groups in total. The van der Waals surface area contributed by atoms with Crippen LogP contribution in [0.3, 0.4) is 0 Å². The Kier molecular flexibility index (Phi) is 7.07. The standard InChI is InChI=1S/C18H22N2O4S2/c1-13(2)20-26(23,24)15-6-3-5-14(11-15)12-19-18(22)9-8-16(21)17-7-4-10-25-17/h3-7,10-11,13,20H,8-9,12H2,1-2H3,(H,19,22). The molecule has 0 aliphatic carbocycles. The third-order valence-corrected chi connectivity index (χ3v) is 6.03. The summed E-state index contributed by atoms with van der Waals surface area (Å²) < 4.78 is 26.9. The molecule has 0 saturated carbocycles. The molecule has 6 nitrogen and oxygen atoms in total. The lowest BCUT2D eigenvalue weighted by Crippen LogP contribution is -2.30. The van der Waals surface area contributed by atoms with Crippen LogP contribution in [-0.2, 0) is 21.4 Å². The molecule has 0 atom stereocenters. The van der Waals surface area contributed by atoms with Gasteiger partial charge in [-0.3, -0.25) is 9.59 Å². The van der Waals surface area contributed by atoms with Gasteiger partial charge in [0, 0.05) is 25.4 Å². The van der Waals surface area contributed by atoms with Gasteiger partial charge in [-0.25, -0.2) is 13.1 Å². The third kappa shape index (κ3) is 6.05. The van der Waals surface area contributed by atoms with Crippen LogP contribution in [0, 0.1) is 0 Å². The van der Waals surface area contributed by atoms with Crippen molar-refractivity contribution in [1.29, 1.82) is 0 Å². The van der Waals surface area contributed by atoms with E-state index >= 15 is 0 Å². The van der Waals surface area contributed by atoms with Crippen LogP contribution >= 0.6 is 11.3 Å². The summed E-state index contributed by atoms with van der Waals surface area (Å²) in [4.78, 5) is 24.6. The van der Waals surface area contributed by atoms with Crippen molar-refractivity contribution in [1.82, 2.24) is 10.0 Å². The van der Waals surface area contributed by atoms with E-state index in [1.54, 1.807) is 38.1 Å². The van der Waals surface area contributed by atoms with E-state index in [4.69, 9.17) is 0 Å². The van der Waals surface area contributed by atoms with Crippen molar-refractivity contribution in [2.75, 3.05) is 0 Å². The molecule has 0 aliphatic heterocycles. The fraction of sp³-hybridized carbons (Fsp3) is 0.333. The molecule has 1 aromatic carbocycles. The minimum absolute atomic E-state index is 0.0528. The first-order valence-corrected chi connectivity index (χ1v) is 10.6. The van der Waals surface area contributed by atoms with E-state index in [2.05, 4.69) is 10.0 Å². The number of amides is 1. The van der Waals surface area contributed by atoms with Crippen LogP contribution in [0.15, 0.2) is 46.7 Å². The number of thiophene rings is 1. The van der Waals surface area contributed by atoms with Crippen molar-refractivity contribution >= 4 is 33.1 Å². The number of benzene rings is 1. The third-order valence-electron chi connectivity index (χ3n) is 3.46. The van der Waals surface area contributed by atoms with E-state index in [9.17, 15) is 18.0 Å². The SMILES string of the molecule is CC(C)NS(=O)(=O)c1cccc(CNC(=O)CCC(=O)c2cccs2)c1. The van der Waals surface area contributed by atoms with Gasteiger partial charge in [-0.05, 0) is 43.0 Å². The van der Waals surface area contributed by atoms with Gasteiger partial charge in [0.15, 0.2) is 5.78 Å². The topological polar surface area (TPSA) is 92.3 Å². The van der Waals surface area contributed by atoms with Gasteiger partial charge in [0.05, 0.1) is 9.77 Å². The summed E-state index contributed by atoms with van der Waals surface area (Å²) in [6.07, 6.45) is 0.253. The molecule has 0 radical (unpaired) electrons. The maximum atomic E-state index is 12.2. The number of carbonyl (C=O) groups excluding carboxylic acids is 2. The summed E-state index contributed by atoms with van der Waals surface area (Å²) in [6, 6.07) is 9.75. The quantitative estimate of drug-likeness (QED) is 0.640. The Labute approximate surface area is 157 Å². The van der Waals surface area contributed by atoms with Crippen LogP contribution < -0.4 is 10.0 Å². The highest BCUT2D eigenvalue weighted by Gasteiger charge is 2.16. The van der Waals surface area contributed by atoms with Crippen LogP contribution in [0.5, 0.6) is 0 Å². The Balaban J connectivity index is 1.88. The van der Waals surface area contributed by atoms with Gasteiger partial charge >= 0.3 is 0 Å². The molecule has 2 aromatic rings. The Bertz CT molecular complexity index is 859. The normalized spacial score (nSPS) is 11.5. The predicted octanol–water partition coefficient (Wildman–Crippen LogP) is 2.71. The summed E-state index contributed by atoms with van der Waals surface area (Å²) in [5.74, 6) is -0.300. The second kappa shape index (κ2) is 9.07. The van der Waals surface area contributed by atoms with E-state index in [0.717, 1.165) is 0 Å². The monoisotopic (exact) mass is 394 g/mol. The molecule has 140 valence electrons. The van der Waals surface area contributed by atoms with E-state index < -0.39 is 10.0 Å². The average Bonchev–Trinajstić information content (AvgIpc) is 3.11. The van der Waals surface area contributed by atoms with Crippen LogP contribution in [0.1, 0.15) is 41.9 Å². The maximum Gasteiger partial charge on any atom is 0.240 e. The summed E-state index contributed by atoms with van der Waals surface area (Å²) in [5, 5.41) is 4.54. The fourth-order valence-electron chi connectivity index (χ4n) is 2.28. The lowest BCUT2D eigenvalue weighted by molar-refractivity contribution is -0.121.